The van der Waals surface area contributed by atoms with Crippen LogP contribution in [0.25, 0.3) is 22.4 Å². The van der Waals surface area contributed by atoms with Gasteiger partial charge in [-0.25, -0.2) is 32.9 Å². The molecule has 0 saturated heterocycles. The van der Waals surface area contributed by atoms with Crippen molar-refractivity contribution in [2.45, 2.75) is 32.4 Å². The Labute approximate surface area is 254 Å². The average Bonchev–Trinajstić information content (AvgIpc) is 3.76. The molecule has 6 rings (SSSR count). The Balaban J connectivity index is 1.28. The molecule has 0 spiro atoms. The molecule has 2 aromatic carbocycles. The lowest BCUT2D eigenvalue weighted by atomic mass is 10.0. The van der Waals surface area contributed by atoms with E-state index in [-0.39, 0.29) is 59.2 Å². The summed E-state index contributed by atoms with van der Waals surface area (Å²) in [6.07, 6.45) is 2.48. The number of imidazole rings is 1. The Morgan fingerprint density at radius 1 is 1.00 bits per heavy atom. The number of carbonyl (C=O) groups is 1. The number of hydrogen-bond acceptors (Lipinski definition) is 8. The van der Waals surface area contributed by atoms with Crippen molar-refractivity contribution in [1.29, 1.82) is 5.26 Å². The molecule has 45 heavy (non-hydrogen) atoms. The summed E-state index contributed by atoms with van der Waals surface area (Å²) in [5, 5.41) is 8.90. The highest BCUT2D eigenvalue weighted by atomic mass is 19.1. The topological polar surface area (TPSA) is 116 Å². The molecule has 0 amide bonds. The SMILES string of the molecule is COC(=O)c1ccc2nc(Cc3cc(F)c(-c4ccnc(OCc5ccc(C#N)cc5F)n4)cc3F)n(CC3(CF)CC3)c2n1. The van der Waals surface area contributed by atoms with Crippen molar-refractivity contribution >= 4 is 17.1 Å². The number of hydrogen-bond donors (Lipinski definition) is 0. The minimum Gasteiger partial charge on any atom is -0.464 e. The number of nitriles is 1. The van der Waals surface area contributed by atoms with Crippen molar-refractivity contribution in [2.24, 2.45) is 5.41 Å². The summed E-state index contributed by atoms with van der Waals surface area (Å²) in [6, 6.07) is 12.0. The molecule has 1 aliphatic rings. The van der Waals surface area contributed by atoms with Gasteiger partial charge in [0.05, 0.1) is 31.1 Å². The van der Waals surface area contributed by atoms with E-state index < -0.39 is 35.5 Å². The number of aromatic nitrogens is 5. The minimum atomic E-state index is -0.773. The van der Waals surface area contributed by atoms with Crippen LogP contribution in [0.15, 0.2) is 54.7 Å². The monoisotopic (exact) mass is 616 g/mol. The van der Waals surface area contributed by atoms with Crippen molar-refractivity contribution in [3.63, 3.8) is 0 Å². The van der Waals surface area contributed by atoms with Gasteiger partial charge >= 0.3 is 12.0 Å². The van der Waals surface area contributed by atoms with Crippen LogP contribution < -0.4 is 4.74 Å². The molecule has 5 aromatic rings. The predicted molar refractivity (Wildman–Crippen MR) is 152 cm³/mol. The van der Waals surface area contributed by atoms with Crippen molar-refractivity contribution in [2.75, 3.05) is 13.8 Å². The van der Waals surface area contributed by atoms with E-state index >= 15 is 8.78 Å². The van der Waals surface area contributed by atoms with E-state index in [1.807, 2.05) is 6.07 Å². The van der Waals surface area contributed by atoms with E-state index in [1.165, 1.54) is 37.6 Å². The van der Waals surface area contributed by atoms with Gasteiger partial charge in [-0.15, -0.1) is 0 Å². The maximum atomic E-state index is 15.5. The second-order valence-corrected chi connectivity index (χ2v) is 10.8. The van der Waals surface area contributed by atoms with Gasteiger partial charge in [-0.05, 0) is 60.9 Å². The zero-order valence-electron chi connectivity index (χ0n) is 23.9. The number of alkyl halides is 1. The number of rotatable bonds is 10. The van der Waals surface area contributed by atoms with Crippen molar-refractivity contribution < 1.29 is 31.8 Å². The fraction of sp³-hybridized carbons (Fsp3) is 0.250. The molecule has 1 aliphatic carbocycles. The molecule has 1 fully saturated rings. The number of carbonyl (C=O) groups excluding carboxylic acids is 1. The van der Waals surface area contributed by atoms with Crippen LogP contribution in [-0.2, 0) is 24.3 Å². The summed E-state index contributed by atoms with van der Waals surface area (Å²) < 4.78 is 71.0. The quantitative estimate of drug-likeness (QED) is 0.141. The van der Waals surface area contributed by atoms with E-state index in [0.29, 0.717) is 29.8 Å². The third-order valence-corrected chi connectivity index (χ3v) is 7.73. The van der Waals surface area contributed by atoms with Crippen molar-refractivity contribution in [3.05, 3.63) is 100 Å². The first-order chi connectivity index (χ1) is 21.7. The molecule has 13 heteroatoms. The molecule has 0 unspecified atom stereocenters. The Morgan fingerprint density at radius 2 is 1.80 bits per heavy atom. The Morgan fingerprint density at radius 3 is 2.51 bits per heavy atom. The number of pyridine rings is 1. The largest absolute Gasteiger partial charge is 0.464 e. The molecule has 0 bridgehead atoms. The Bertz CT molecular complexity index is 1990. The third-order valence-electron chi connectivity index (χ3n) is 7.73. The number of benzene rings is 2. The zero-order chi connectivity index (χ0) is 31.7. The first-order valence-corrected chi connectivity index (χ1v) is 13.9. The highest BCUT2D eigenvalue weighted by Gasteiger charge is 2.44. The van der Waals surface area contributed by atoms with Gasteiger partial charge in [-0.1, -0.05) is 6.07 Å². The maximum Gasteiger partial charge on any atom is 0.356 e. The number of halogens is 4. The van der Waals surface area contributed by atoms with Gasteiger partial charge in [-0.3, -0.25) is 4.39 Å². The van der Waals surface area contributed by atoms with Gasteiger partial charge in [-0.2, -0.15) is 10.2 Å². The molecule has 9 nitrogen and oxygen atoms in total. The normalized spacial score (nSPS) is 13.4. The molecule has 1 saturated carbocycles. The highest BCUT2D eigenvalue weighted by molar-refractivity contribution is 5.89. The molecule has 0 radical (unpaired) electrons. The smallest absolute Gasteiger partial charge is 0.356 e. The highest BCUT2D eigenvalue weighted by Crippen LogP contribution is 2.48. The predicted octanol–water partition coefficient (Wildman–Crippen LogP) is 5.88. The molecular formula is C32H24F4N6O3. The average molecular weight is 617 g/mol. The van der Waals surface area contributed by atoms with E-state index in [1.54, 1.807) is 10.6 Å². The number of methoxy groups -OCH3 is 1. The molecular weight excluding hydrogens is 592 g/mol. The van der Waals surface area contributed by atoms with Gasteiger partial charge in [0, 0.05) is 35.7 Å². The van der Waals surface area contributed by atoms with Crippen LogP contribution in [0.4, 0.5) is 17.6 Å². The zero-order valence-corrected chi connectivity index (χ0v) is 23.9. The standard InChI is InChI=1S/C32H24F4N6O3/c1-44-30(43)27-5-4-26-29(40-27)42(17-32(16-33)7-8-32)28(39-26)12-20-11-24(36)21(13-23(20)35)25-6-9-38-31(41-25)45-15-19-3-2-18(14-37)10-22(19)34/h2-6,9-11,13H,7-8,12,15-17H2,1H3. The van der Waals surface area contributed by atoms with E-state index in [2.05, 4.69) is 19.9 Å². The van der Waals surface area contributed by atoms with Crippen LogP contribution >= 0.6 is 0 Å². The number of nitrogens with zero attached hydrogens (tertiary/aromatic N) is 6. The molecule has 3 heterocycles. The lowest BCUT2D eigenvalue weighted by Gasteiger charge is -2.15. The van der Waals surface area contributed by atoms with Crippen LogP contribution in [0.3, 0.4) is 0 Å². The van der Waals surface area contributed by atoms with Gasteiger partial charge in [0.1, 0.15) is 35.4 Å². The summed E-state index contributed by atoms with van der Waals surface area (Å²) in [4.78, 5) is 29.2. The lowest BCUT2D eigenvalue weighted by Crippen LogP contribution is -2.17. The Hall–Kier alpha value is -5.38. The molecule has 3 aromatic heterocycles. The summed E-state index contributed by atoms with van der Waals surface area (Å²) >= 11 is 0. The maximum absolute atomic E-state index is 15.5. The van der Waals surface area contributed by atoms with E-state index in [4.69, 9.17) is 14.7 Å². The second-order valence-electron chi connectivity index (χ2n) is 10.8. The fourth-order valence-corrected chi connectivity index (χ4v) is 4.94. The second kappa shape index (κ2) is 12.0. The van der Waals surface area contributed by atoms with Gasteiger partial charge in [0.2, 0.25) is 0 Å². The Kier molecular flexibility index (Phi) is 7.88. The van der Waals surface area contributed by atoms with Gasteiger partial charge in [0.25, 0.3) is 0 Å². The summed E-state index contributed by atoms with van der Waals surface area (Å²) in [6.45, 7) is -0.601. The first-order valence-electron chi connectivity index (χ1n) is 13.9. The van der Waals surface area contributed by atoms with Crippen LogP contribution in [0.5, 0.6) is 6.01 Å². The first kappa shape index (κ1) is 29.7. The van der Waals surface area contributed by atoms with Crippen LogP contribution in [-0.4, -0.2) is 44.3 Å². The minimum absolute atomic E-state index is 0.00656. The van der Waals surface area contributed by atoms with Gasteiger partial charge in [0.15, 0.2) is 11.3 Å². The summed E-state index contributed by atoms with van der Waals surface area (Å²) in [7, 11) is 1.23. The lowest BCUT2D eigenvalue weighted by molar-refractivity contribution is 0.0594. The number of ether oxygens (including phenoxy) is 2. The van der Waals surface area contributed by atoms with Crippen LogP contribution in [0, 0.1) is 34.2 Å². The molecule has 0 aliphatic heterocycles. The van der Waals surface area contributed by atoms with Crippen LogP contribution in [0.2, 0.25) is 0 Å². The summed E-state index contributed by atoms with van der Waals surface area (Å²) in [5.41, 5.74) is 0.368. The number of esters is 1. The van der Waals surface area contributed by atoms with E-state index in [9.17, 15) is 13.6 Å². The van der Waals surface area contributed by atoms with Crippen molar-refractivity contribution in [3.8, 4) is 23.3 Å². The summed E-state index contributed by atoms with van der Waals surface area (Å²) in [5.74, 6) is -2.47. The number of fused-ring (bicyclic) bond motifs is 1. The molecule has 0 N–H and O–H groups in total. The van der Waals surface area contributed by atoms with Gasteiger partial charge < -0.3 is 14.0 Å². The van der Waals surface area contributed by atoms with Crippen molar-refractivity contribution in [1.82, 2.24) is 24.5 Å². The molecule has 0 atom stereocenters. The fourth-order valence-electron chi connectivity index (χ4n) is 4.94. The van der Waals surface area contributed by atoms with E-state index in [0.717, 1.165) is 18.2 Å². The third kappa shape index (κ3) is 6.04. The van der Waals surface area contributed by atoms with Crippen LogP contribution in [0.1, 0.15) is 45.8 Å². The molecule has 228 valence electrons.